The van der Waals surface area contributed by atoms with Gasteiger partial charge in [0, 0.05) is 29.7 Å². The number of nitrogens with zero attached hydrogens (tertiary/aromatic N) is 4. The number of fused-ring (bicyclic) bond motifs is 2. The van der Waals surface area contributed by atoms with Gasteiger partial charge in [0.15, 0.2) is 0 Å². The van der Waals surface area contributed by atoms with Crippen molar-refractivity contribution in [2.24, 2.45) is 0 Å². The molecule has 40 heavy (non-hydrogen) atoms. The van der Waals surface area contributed by atoms with Crippen molar-refractivity contribution in [2.45, 2.75) is 25.3 Å². The number of aromatic amines is 1. The lowest BCUT2D eigenvalue weighted by Gasteiger charge is -2.31. The number of imidazole rings is 1. The van der Waals surface area contributed by atoms with Crippen molar-refractivity contribution in [2.75, 3.05) is 20.2 Å². The second-order valence-corrected chi connectivity index (χ2v) is 10.5. The molecule has 1 fully saturated rings. The molecule has 0 unspecified atom stereocenters. The molecule has 0 saturated carbocycles. The smallest absolute Gasteiger partial charge is 0.121 e. The van der Waals surface area contributed by atoms with Crippen LogP contribution in [0.25, 0.3) is 44.6 Å². The highest BCUT2D eigenvalue weighted by Crippen LogP contribution is 2.33. The van der Waals surface area contributed by atoms with Crippen molar-refractivity contribution in [3.05, 3.63) is 108 Å². The van der Waals surface area contributed by atoms with Crippen molar-refractivity contribution in [3.8, 4) is 28.3 Å². The summed E-state index contributed by atoms with van der Waals surface area (Å²) in [6.07, 6.45) is 2.24. The van der Waals surface area contributed by atoms with Crippen molar-refractivity contribution in [1.82, 2.24) is 24.8 Å². The highest BCUT2D eigenvalue weighted by atomic mass is 16.5. The Kier molecular flexibility index (Phi) is 6.46. The first kappa shape index (κ1) is 24.5. The molecule has 7 rings (SSSR count). The Bertz CT molecular complexity index is 1740. The number of hydrogen-bond donors (Lipinski definition) is 1. The summed E-state index contributed by atoms with van der Waals surface area (Å²) in [6.45, 7) is 3.09. The van der Waals surface area contributed by atoms with Crippen molar-refractivity contribution < 1.29 is 4.74 Å². The molecule has 6 aromatic rings. The summed E-state index contributed by atoms with van der Waals surface area (Å²) in [6, 6.07) is 33.2. The van der Waals surface area contributed by atoms with Crippen LogP contribution in [0.4, 0.5) is 0 Å². The molecule has 1 saturated heterocycles. The number of ether oxygens (including phenoxy) is 1. The quantitative estimate of drug-likeness (QED) is 0.249. The minimum Gasteiger partial charge on any atom is -0.497 e. The Morgan fingerprint density at radius 1 is 0.725 bits per heavy atom. The Hall–Kier alpha value is -4.55. The van der Waals surface area contributed by atoms with Gasteiger partial charge >= 0.3 is 0 Å². The molecule has 2 aromatic heterocycles. The van der Waals surface area contributed by atoms with Crippen LogP contribution >= 0.6 is 0 Å². The summed E-state index contributed by atoms with van der Waals surface area (Å²) in [5.41, 5.74) is 9.06. The molecule has 6 nitrogen and oxygen atoms in total. The van der Waals surface area contributed by atoms with Gasteiger partial charge in [0.05, 0.1) is 40.6 Å². The van der Waals surface area contributed by atoms with E-state index in [0.29, 0.717) is 5.92 Å². The fraction of sp³-hybridized carbons (Fsp3) is 0.206. The third kappa shape index (κ3) is 4.82. The molecule has 198 valence electrons. The fourth-order valence-corrected chi connectivity index (χ4v) is 5.72. The fourth-order valence-electron chi connectivity index (χ4n) is 5.72. The van der Waals surface area contributed by atoms with Gasteiger partial charge in [0.25, 0.3) is 0 Å². The molecule has 1 N–H and O–H groups in total. The van der Waals surface area contributed by atoms with Gasteiger partial charge in [-0.05, 0) is 55.8 Å². The van der Waals surface area contributed by atoms with Crippen LogP contribution in [-0.2, 0) is 6.54 Å². The maximum Gasteiger partial charge on any atom is 0.121 e. The summed E-state index contributed by atoms with van der Waals surface area (Å²) in [7, 11) is 1.67. The monoisotopic (exact) mass is 525 g/mol. The van der Waals surface area contributed by atoms with Gasteiger partial charge in [-0.25, -0.2) is 15.0 Å². The Morgan fingerprint density at radius 2 is 1.43 bits per heavy atom. The number of nitrogens with one attached hydrogen (secondary N) is 1. The summed E-state index contributed by atoms with van der Waals surface area (Å²) >= 11 is 0. The van der Waals surface area contributed by atoms with Crippen LogP contribution in [0.15, 0.2) is 97.1 Å². The summed E-state index contributed by atoms with van der Waals surface area (Å²) < 4.78 is 5.42. The molecule has 1 aliphatic heterocycles. The van der Waals surface area contributed by atoms with E-state index in [-0.39, 0.29) is 0 Å². The Balaban J connectivity index is 1.09. The van der Waals surface area contributed by atoms with E-state index in [4.69, 9.17) is 19.7 Å². The number of para-hydroxylation sites is 2. The van der Waals surface area contributed by atoms with E-state index >= 15 is 0 Å². The number of likely N-dealkylation sites (tertiary alicyclic amines) is 1. The maximum absolute atomic E-state index is 5.42. The lowest BCUT2D eigenvalue weighted by Crippen LogP contribution is -2.32. The molecule has 1 aliphatic rings. The van der Waals surface area contributed by atoms with E-state index in [0.717, 1.165) is 88.6 Å². The zero-order valence-electron chi connectivity index (χ0n) is 22.5. The van der Waals surface area contributed by atoms with Gasteiger partial charge in [0.2, 0.25) is 0 Å². The van der Waals surface area contributed by atoms with E-state index in [1.54, 1.807) is 7.11 Å². The topological polar surface area (TPSA) is 66.9 Å². The Labute approximate surface area is 233 Å². The molecule has 0 bridgehead atoms. The molecule has 3 heterocycles. The number of hydrogen-bond acceptors (Lipinski definition) is 5. The lowest BCUT2D eigenvalue weighted by molar-refractivity contribution is 0.202. The normalized spacial score (nSPS) is 14.6. The summed E-state index contributed by atoms with van der Waals surface area (Å²) in [5.74, 6) is 2.41. The van der Waals surface area contributed by atoms with Gasteiger partial charge in [-0.3, -0.25) is 4.90 Å². The van der Waals surface area contributed by atoms with Crippen LogP contribution in [0.5, 0.6) is 5.75 Å². The third-order valence-electron chi connectivity index (χ3n) is 7.93. The first-order valence-electron chi connectivity index (χ1n) is 13.9. The minimum absolute atomic E-state index is 0.494. The van der Waals surface area contributed by atoms with Crippen LogP contribution in [0.1, 0.15) is 30.1 Å². The second-order valence-electron chi connectivity index (χ2n) is 10.5. The lowest BCUT2D eigenvalue weighted by atomic mass is 9.95. The maximum atomic E-state index is 5.42. The average molecular weight is 526 g/mol. The highest BCUT2D eigenvalue weighted by Gasteiger charge is 2.23. The van der Waals surface area contributed by atoms with Gasteiger partial charge in [-0.2, -0.15) is 0 Å². The van der Waals surface area contributed by atoms with E-state index in [9.17, 15) is 0 Å². The van der Waals surface area contributed by atoms with E-state index in [1.165, 1.54) is 5.56 Å². The third-order valence-corrected chi connectivity index (χ3v) is 7.93. The molecular weight excluding hydrogens is 494 g/mol. The number of H-pyrrole nitrogens is 1. The first-order valence-corrected chi connectivity index (χ1v) is 13.9. The number of benzene rings is 4. The number of aromatic nitrogens is 4. The van der Waals surface area contributed by atoms with Gasteiger partial charge in [-0.1, -0.05) is 66.7 Å². The molecule has 0 aliphatic carbocycles. The van der Waals surface area contributed by atoms with Crippen molar-refractivity contribution >= 4 is 22.1 Å². The number of methoxy groups -OCH3 is 1. The number of rotatable bonds is 6. The van der Waals surface area contributed by atoms with Gasteiger partial charge < -0.3 is 9.72 Å². The van der Waals surface area contributed by atoms with Crippen LogP contribution in [0.2, 0.25) is 0 Å². The molecule has 0 atom stereocenters. The van der Waals surface area contributed by atoms with Crippen LogP contribution in [0, 0.1) is 0 Å². The average Bonchev–Trinajstić information content (AvgIpc) is 3.46. The number of piperidine rings is 1. The molecular formula is C34H31N5O. The zero-order chi connectivity index (χ0) is 26.9. The molecule has 4 aromatic carbocycles. The van der Waals surface area contributed by atoms with E-state index < -0.39 is 0 Å². The minimum atomic E-state index is 0.494. The molecule has 0 radical (unpaired) electrons. The molecule has 0 spiro atoms. The van der Waals surface area contributed by atoms with Crippen molar-refractivity contribution in [3.63, 3.8) is 0 Å². The summed E-state index contributed by atoms with van der Waals surface area (Å²) in [4.78, 5) is 21.0. The predicted octanol–water partition coefficient (Wildman–Crippen LogP) is 7.23. The highest BCUT2D eigenvalue weighted by molar-refractivity contribution is 5.86. The Morgan fingerprint density at radius 3 is 2.17 bits per heavy atom. The van der Waals surface area contributed by atoms with Gasteiger partial charge in [0.1, 0.15) is 11.6 Å². The van der Waals surface area contributed by atoms with E-state index in [1.807, 2.05) is 42.5 Å². The molecule has 0 amide bonds. The zero-order valence-corrected chi connectivity index (χ0v) is 22.5. The SMILES string of the molecule is COc1ccc2nc(-c3ccc(CN4CCC(c5nc6ccccc6[nH]5)CC4)cc3)c(-c3ccccc3)nc2c1. The predicted molar refractivity (Wildman–Crippen MR) is 160 cm³/mol. The standard InChI is InChI=1S/C34H31N5O/c1-40-27-15-16-30-31(21-27)36-32(24-7-3-2-4-8-24)33(35-30)25-13-11-23(12-14-25)22-39-19-17-26(18-20-39)34-37-28-9-5-6-10-29(28)38-34/h2-16,21,26H,17-20,22H2,1H3,(H,37,38). The van der Waals surface area contributed by atoms with Crippen molar-refractivity contribution in [1.29, 1.82) is 0 Å². The van der Waals surface area contributed by atoms with Gasteiger partial charge in [-0.15, -0.1) is 0 Å². The largest absolute Gasteiger partial charge is 0.497 e. The van der Waals surface area contributed by atoms with Crippen LogP contribution < -0.4 is 4.74 Å². The first-order chi connectivity index (χ1) is 19.7. The summed E-state index contributed by atoms with van der Waals surface area (Å²) in [5, 5.41) is 0. The van der Waals surface area contributed by atoms with Crippen LogP contribution in [0.3, 0.4) is 0 Å². The van der Waals surface area contributed by atoms with E-state index in [2.05, 4.69) is 64.5 Å². The second kappa shape index (κ2) is 10.5. The molecule has 6 heteroatoms. The van der Waals surface area contributed by atoms with Crippen LogP contribution in [-0.4, -0.2) is 45.0 Å².